The van der Waals surface area contributed by atoms with Crippen LogP contribution in [0.4, 0.5) is 0 Å². The van der Waals surface area contributed by atoms with Crippen molar-refractivity contribution in [2.24, 2.45) is 0 Å². The summed E-state index contributed by atoms with van der Waals surface area (Å²) in [6.45, 7) is 5.60. The Morgan fingerprint density at radius 3 is 2.54 bits per heavy atom. The molecule has 5 rings (SSSR count). The van der Waals surface area contributed by atoms with Gasteiger partial charge in [-0.1, -0.05) is 13.8 Å². The number of nitrogens with one attached hydrogen (secondary N) is 2. The van der Waals surface area contributed by atoms with Crippen LogP contribution in [0.5, 0.6) is 17.4 Å². The molecule has 2 fully saturated rings. The van der Waals surface area contributed by atoms with Gasteiger partial charge < -0.3 is 30.0 Å². The summed E-state index contributed by atoms with van der Waals surface area (Å²) in [6.07, 6.45) is 4.80. The Morgan fingerprint density at radius 1 is 1.14 bits per heavy atom. The van der Waals surface area contributed by atoms with E-state index in [-0.39, 0.29) is 31.2 Å². The molecule has 200 valence electrons. The van der Waals surface area contributed by atoms with E-state index < -0.39 is 5.60 Å². The van der Waals surface area contributed by atoms with Gasteiger partial charge >= 0.3 is 0 Å². The molecule has 1 aliphatic carbocycles. The number of fused-ring (bicyclic) bond motifs is 1. The number of pyridine rings is 1. The van der Waals surface area contributed by atoms with E-state index in [1.54, 1.807) is 37.6 Å². The van der Waals surface area contributed by atoms with Crippen molar-refractivity contribution in [2.45, 2.75) is 57.2 Å². The first-order valence-electron chi connectivity index (χ1n) is 12.9. The van der Waals surface area contributed by atoms with Crippen molar-refractivity contribution in [3.63, 3.8) is 0 Å². The number of carbonyl (C=O) groups excluding carboxylic acids is 2. The summed E-state index contributed by atoms with van der Waals surface area (Å²) in [7, 11) is 1.57. The van der Waals surface area contributed by atoms with Crippen molar-refractivity contribution < 1.29 is 28.9 Å². The minimum Gasteiger partial charge on any atom is -0.481 e. The Kier molecular flexibility index (Phi) is 8.50. The first kappa shape index (κ1) is 26.7. The van der Waals surface area contributed by atoms with Gasteiger partial charge in [0, 0.05) is 42.5 Å². The SMILES string of the molecule is CC.COc1ccc(C2(O)CCC(N3CC(NC(=O)CNC(=O)c4ccc5c(c4)OCO5)C3)CC2)cn1. The first-order chi connectivity index (χ1) is 17.9. The van der Waals surface area contributed by atoms with Crippen molar-refractivity contribution in [1.82, 2.24) is 20.5 Å². The number of methoxy groups -OCH3 is 1. The zero-order valence-electron chi connectivity index (χ0n) is 21.7. The van der Waals surface area contributed by atoms with E-state index in [4.69, 9.17) is 14.2 Å². The quantitative estimate of drug-likeness (QED) is 0.516. The van der Waals surface area contributed by atoms with Crippen LogP contribution in [0.1, 0.15) is 55.5 Å². The second kappa shape index (κ2) is 11.8. The van der Waals surface area contributed by atoms with Gasteiger partial charge in [-0.05, 0) is 49.9 Å². The Hall–Kier alpha value is -3.37. The third-order valence-electron chi connectivity index (χ3n) is 7.10. The maximum Gasteiger partial charge on any atom is 0.251 e. The van der Waals surface area contributed by atoms with E-state index in [2.05, 4.69) is 20.5 Å². The number of nitrogens with zero attached hydrogens (tertiary/aromatic N) is 2. The highest BCUT2D eigenvalue weighted by Crippen LogP contribution is 2.39. The van der Waals surface area contributed by atoms with Gasteiger partial charge in [0.1, 0.15) is 0 Å². The summed E-state index contributed by atoms with van der Waals surface area (Å²) < 4.78 is 15.6. The molecule has 3 heterocycles. The summed E-state index contributed by atoms with van der Waals surface area (Å²) >= 11 is 0. The average molecular weight is 513 g/mol. The zero-order chi connectivity index (χ0) is 26.4. The molecular formula is C27H36N4O6. The van der Waals surface area contributed by atoms with Gasteiger partial charge in [-0.2, -0.15) is 0 Å². The Bertz CT molecular complexity index is 1080. The average Bonchev–Trinajstić information content (AvgIpc) is 3.39. The summed E-state index contributed by atoms with van der Waals surface area (Å²) in [5.41, 5.74) is 0.387. The van der Waals surface area contributed by atoms with Crippen LogP contribution in [0.3, 0.4) is 0 Å². The number of hydrogen-bond donors (Lipinski definition) is 3. The van der Waals surface area contributed by atoms with Crippen LogP contribution in [0.15, 0.2) is 36.5 Å². The standard InChI is InChI=1S/C25H30N4O6.C2H6/c1-33-23-5-3-17(11-26-23)25(32)8-6-19(7-9-25)29-13-18(14-29)28-22(30)12-27-24(31)16-2-4-20-21(10-16)35-15-34-20;1-2/h2-5,10-11,18-19,32H,6-9,12-15H2,1H3,(H,27,31)(H,28,30);1-2H3. The van der Waals surface area contributed by atoms with Crippen LogP contribution in [-0.2, 0) is 10.4 Å². The molecule has 2 aliphatic heterocycles. The molecular weight excluding hydrogens is 476 g/mol. The summed E-state index contributed by atoms with van der Waals surface area (Å²) in [5.74, 6) is 1.11. The molecule has 10 heteroatoms. The molecule has 3 N–H and O–H groups in total. The molecule has 1 aromatic heterocycles. The van der Waals surface area contributed by atoms with E-state index in [9.17, 15) is 14.7 Å². The molecule has 1 aromatic carbocycles. The third kappa shape index (κ3) is 6.14. The number of benzene rings is 1. The number of ether oxygens (including phenoxy) is 3. The highest BCUT2D eigenvalue weighted by molar-refractivity contribution is 5.97. The fraction of sp³-hybridized carbons (Fsp3) is 0.519. The Labute approximate surface area is 217 Å². The van der Waals surface area contributed by atoms with Crippen molar-refractivity contribution in [3.8, 4) is 17.4 Å². The van der Waals surface area contributed by atoms with E-state index in [0.717, 1.165) is 31.5 Å². The smallest absolute Gasteiger partial charge is 0.251 e. The molecule has 0 spiro atoms. The van der Waals surface area contributed by atoms with Gasteiger partial charge in [0.2, 0.25) is 18.6 Å². The fourth-order valence-electron chi connectivity index (χ4n) is 4.99. The second-order valence-electron chi connectivity index (χ2n) is 9.32. The normalized spacial score (nSPS) is 22.8. The fourth-order valence-corrected chi connectivity index (χ4v) is 4.99. The number of hydrogen-bond acceptors (Lipinski definition) is 8. The summed E-state index contributed by atoms with van der Waals surface area (Å²) in [5, 5.41) is 16.7. The van der Waals surface area contributed by atoms with Gasteiger partial charge in [0.05, 0.1) is 25.3 Å². The molecule has 37 heavy (non-hydrogen) atoms. The number of carbonyl (C=O) groups is 2. The molecule has 2 aromatic rings. The predicted molar refractivity (Wildman–Crippen MR) is 137 cm³/mol. The lowest BCUT2D eigenvalue weighted by Crippen LogP contribution is -2.63. The number of rotatable bonds is 7. The second-order valence-corrected chi connectivity index (χ2v) is 9.32. The molecule has 1 saturated heterocycles. The van der Waals surface area contributed by atoms with Gasteiger partial charge in [-0.3, -0.25) is 14.5 Å². The Balaban J connectivity index is 0.00000156. The van der Waals surface area contributed by atoms with Crippen LogP contribution in [0.2, 0.25) is 0 Å². The number of aliphatic hydroxyl groups is 1. The molecule has 0 atom stereocenters. The maximum atomic E-state index is 12.3. The van der Waals surface area contributed by atoms with Gasteiger partial charge in [-0.25, -0.2) is 4.98 Å². The van der Waals surface area contributed by atoms with Crippen LogP contribution < -0.4 is 24.8 Å². The lowest BCUT2D eigenvalue weighted by atomic mass is 9.77. The topological polar surface area (TPSA) is 122 Å². The Morgan fingerprint density at radius 2 is 1.86 bits per heavy atom. The first-order valence-corrected chi connectivity index (χ1v) is 12.9. The minimum atomic E-state index is -0.857. The number of likely N-dealkylation sites (tertiary alicyclic amines) is 1. The van der Waals surface area contributed by atoms with E-state index in [0.29, 0.717) is 41.8 Å². The van der Waals surface area contributed by atoms with Crippen LogP contribution in [0, 0.1) is 0 Å². The van der Waals surface area contributed by atoms with E-state index in [1.807, 2.05) is 19.9 Å². The maximum absolute atomic E-state index is 12.3. The highest BCUT2D eigenvalue weighted by atomic mass is 16.7. The lowest BCUT2D eigenvalue weighted by molar-refractivity contribution is -0.122. The summed E-state index contributed by atoms with van der Waals surface area (Å²) in [6, 6.07) is 9.04. The predicted octanol–water partition coefficient (Wildman–Crippen LogP) is 2.21. The van der Waals surface area contributed by atoms with Gasteiger partial charge in [0.25, 0.3) is 5.91 Å². The van der Waals surface area contributed by atoms with Crippen molar-refractivity contribution in [2.75, 3.05) is 33.5 Å². The summed E-state index contributed by atoms with van der Waals surface area (Å²) in [4.78, 5) is 31.2. The lowest BCUT2D eigenvalue weighted by Gasteiger charge is -2.48. The molecule has 0 radical (unpaired) electrons. The van der Waals surface area contributed by atoms with Gasteiger partial charge in [0.15, 0.2) is 11.5 Å². The van der Waals surface area contributed by atoms with E-state index in [1.165, 1.54) is 0 Å². The van der Waals surface area contributed by atoms with Crippen LogP contribution >= 0.6 is 0 Å². The molecule has 0 bridgehead atoms. The van der Waals surface area contributed by atoms with Gasteiger partial charge in [-0.15, -0.1) is 0 Å². The van der Waals surface area contributed by atoms with Crippen molar-refractivity contribution in [3.05, 3.63) is 47.7 Å². The third-order valence-corrected chi connectivity index (χ3v) is 7.10. The largest absolute Gasteiger partial charge is 0.481 e. The highest BCUT2D eigenvalue weighted by Gasteiger charge is 2.40. The number of aromatic nitrogens is 1. The van der Waals surface area contributed by atoms with Crippen molar-refractivity contribution in [1.29, 1.82) is 0 Å². The number of amides is 2. The molecule has 0 unspecified atom stereocenters. The van der Waals surface area contributed by atoms with E-state index >= 15 is 0 Å². The molecule has 2 amide bonds. The zero-order valence-corrected chi connectivity index (χ0v) is 21.7. The minimum absolute atomic E-state index is 0.0662. The monoisotopic (exact) mass is 512 g/mol. The van der Waals surface area contributed by atoms with Crippen LogP contribution in [0.25, 0.3) is 0 Å². The van der Waals surface area contributed by atoms with Crippen molar-refractivity contribution >= 4 is 11.8 Å². The molecule has 3 aliphatic rings. The molecule has 10 nitrogen and oxygen atoms in total. The molecule has 1 saturated carbocycles. The van der Waals surface area contributed by atoms with Crippen LogP contribution in [-0.4, -0.2) is 72.4 Å².